The molecule has 7 heteroatoms. The van der Waals surface area contributed by atoms with Crippen molar-refractivity contribution in [3.05, 3.63) is 33.1 Å². The number of nitrogens with zero attached hydrogens (tertiary/aromatic N) is 4. The van der Waals surface area contributed by atoms with Crippen LogP contribution in [0.1, 0.15) is 17.7 Å². The Morgan fingerprint density at radius 3 is 3.09 bits per heavy atom. The molecule has 2 aromatic heterocycles. The Hall–Kier alpha value is -1.18. The highest BCUT2D eigenvalue weighted by Gasteiger charge is 2.20. The summed E-state index contributed by atoms with van der Waals surface area (Å²) >= 11 is 5.35. The molecular formula is C16H22BrN5S. The Morgan fingerprint density at radius 2 is 2.35 bits per heavy atom. The van der Waals surface area contributed by atoms with Crippen LogP contribution in [0.25, 0.3) is 0 Å². The van der Waals surface area contributed by atoms with Crippen LogP contribution in [0.15, 0.2) is 28.2 Å². The highest BCUT2D eigenvalue weighted by atomic mass is 79.9. The zero-order valence-corrected chi connectivity index (χ0v) is 15.9. The molecule has 3 heterocycles. The number of nitrogens with one attached hydrogen (secondary N) is 1. The largest absolute Gasteiger partial charge is 0.366 e. The van der Waals surface area contributed by atoms with E-state index in [1.54, 1.807) is 0 Å². The lowest BCUT2D eigenvalue weighted by molar-refractivity contribution is 0.210. The van der Waals surface area contributed by atoms with Crippen molar-refractivity contribution in [2.45, 2.75) is 25.4 Å². The summed E-state index contributed by atoms with van der Waals surface area (Å²) in [4.78, 5) is 14.7. The van der Waals surface area contributed by atoms with Crippen molar-refractivity contribution in [1.29, 1.82) is 0 Å². The van der Waals surface area contributed by atoms with E-state index in [2.05, 4.69) is 47.6 Å². The standard InChI is InChI=1S/C16H22BrN5S/c1-21(2)16-18-6-5-15(20-16)19-13-4-3-7-22(9-13)10-14-8-12(17)11-23-14/h5-6,8,11,13H,3-4,7,9-10H2,1-2H3,(H,18,19,20). The van der Waals surface area contributed by atoms with E-state index in [0.717, 1.165) is 24.9 Å². The number of hydrogen-bond donors (Lipinski definition) is 1. The monoisotopic (exact) mass is 395 g/mol. The van der Waals surface area contributed by atoms with Gasteiger partial charge in [0.1, 0.15) is 5.82 Å². The van der Waals surface area contributed by atoms with Gasteiger partial charge in [0, 0.05) is 54.2 Å². The molecule has 124 valence electrons. The van der Waals surface area contributed by atoms with Gasteiger partial charge in [-0.05, 0) is 47.4 Å². The second-order valence-corrected chi connectivity index (χ2v) is 8.00. The predicted molar refractivity (Wildman–Crippen MR) is 100 cm³/mol. The fourth-order valence-corrected chi connectivity index (χ4v) is 4.32. The number of piperidine rings is 1. The van der Waals surface area contributed by atoms with Gasteiger partial charge in [0.2, 0.25) is 5.95 Å². The SMILES string of the molecule is CN(C)c1nccc(NC2CCCN(Cc3cc(Br)cs3)C2)n1. The third kappa shape index (κ3) is 4.65. The van der Waals surface area contributed by atoms with Gasteiger partial charge in [-0.3, -0.25) is 4.90 Å². The van der Waals surface area contributed by atoms with Gasteiger partial charge in [-0.15, -0.1) is 11.3 Å². The van der Waals surface area contributed by atoms with Crippen molar-refractivity contribution in [2.75, 3.05) is 37.4 Å². The number of hydrogen-bond acceptors (Lipinski definition) is 6. The quantitative estimate of drug-likeness (QED) is 0.839. The van der Waals surface area contributed by atoms with Crippen molar-refractivity contribution in [3.8, 4) is 0 Å². The lowest BCUT2D eigenvalue weighted by Gasteiger charge is -2.33. The molecule has 1 aliphatic rings. The molecule has 0 saturated carbocycles. The molecule has 1 N–H and O–H groups in total. The van der Waals surface area contributed by atoms with E-state index in [1.165, 1.54) is 28.7 Å². The molecule has 2 aromatic rings. The second kappa shape index (κ2) is 7.59. The van der Waals surface area contributed by atoms with Crippen LogP contribution >= 0.6 is 27.3 Å². The van der Waals surface area contributed by atoms with E-state index < -0.39 is 0 Å². The van der Waals surface area contributed by atoms with Crippen LogP contribution in [0.2, 0.25) is 0 Å². The molecule has 0 amide bonds. The molecule has 1 unspecified atom stereocenters. The first kappa shape index (κ1) is 16.7. The fourth-order valence-electron chi connectivity index (χ4n) is 2.83. The van der Waals surface area contributed by atoms with Gasteiger partial charge in [-0.25, -0.2) is 4.98 Å². The minimum Gasteiger partial charge on any atom is -0.366 e. The van der Waals surface area contributed by atoms with Crippen molar-refractivity contribution < 1.29 is 0 Å². The maximum atomic E-state index is 4.56. The second-order valence-electron chi connectivity index (χ2n) is 6.09. The zero-order valence-electron chi connectivity index (χ0n) is 13.5. The highest BCUT2D eigenvalue weighted by molar-refractivity contribution is 9.10. The lowest BCUT2D eigenvalue weighted by atomic mass is 10.1. The van der Waals surface area contributed by atoms with Crippen LogP contribution in [0.5, 0.6) is 0 Å². The number of aromatic nitrogens is 2. The summed E-state index contributed by atoms with van der Waals surface area (Å²) < 4.78 is 1.18. The number of likely N-dealkylation sites (tertiary alicyclic amines) is 1. The highest BCUT2D eigenvalue weighted by Crippen LogP contribution is 2.23. The summed E-state index contributed by atoms with van der Waals surface area (Å²) in [5, 5.41) is 5.72. The van der Waals surface area contributed by atoms with Crippen LogP contribution in [0.4, 0.5) is 11.8 Å². The van der Waals surface area contributed by atoms with Gasteiger partial charge in [0.25, 0.3) is 0 Å². The van der Waals surface area contributed by atoms with Gasteiger partial charge in [0.15, 0.2) is 0 Å². The topological polar surface area (TPSA) is 44.3 Å². The maximum Gasteiger partial charge on any atom is 0.226 e. The van der Waals surface area contributed by atoms with E-state index in [-0.39, 0.29) is 0 Å². The number of halogens is 1. The van der Waals surface area contributed by atoms with Gasteiger partial charge in [-0.1, -0.05) is 0 Å². The Bertz CT molecular complexity index is 645. The average Bonchev–Trinajstić information content (AvgIpc) is 2.93. The van der Waals surface area contributed by atoms with Crippen molar-refractivity contribution >= 4 is 39.0 Å². The Balaban J connectivity index is 1.59. The summed E-state index contributed by atoms with van der Waals surface area (Å²) in [6.45, 7) is 3.25. The number of thiophene rings is 1. The average molecular weight is 396 g/mol. The molecule has 0 spiro atoms. The van der Waals surface area contributed by atoms with Gasteiger partial charge < -0.3 is 10.2 Å². The third-order valence-electron chi connectivity index (χ3n) is 3.90. The lowest BCUT2D eigenvalue weighted by Crippen LogP contribution is -2.41. The van der Waals surface area contributed by atoms with Gasteiger partial charge in [-0.2, -0.15) is 4.98 Å². The van der Waals surface area contributed by atoms with Crippen molar-refractivity contribution in [2.24, 2.45) is 0 Å². The van der Waals surface area contributed by atoms with Crippen molar-refractivity contribution in [3.63, 3.8) is 0 Å². The molecule has 0 aliphatic carbocycles. The molecule has 0 aromatic carbocycles. The van der Waals surface area contributed by atoms with Crippen LogP contribution < -0.4 is 10.2 Å². The van der Waals surface area contributed by atoms with E-state index in [4.69, 9.17) is 0 Å². The molecule has 0 radical (unpaired) electrons. The molecule has 0 bridgehead atoms. The minimum absolute atomic E-state index is 0.442. The van der Waals surface area contributed by atoms with Crippen LogP contribution in [-0.4, -0.2) is 48.1 Å². The Labute approximate surface area is 149 Å². The predicted octanol–water partition coefficient (Wildman–Crippen LogP) is 3.44. The molecule has 5 nitrogen and oxygen atoms in total. The molecule has 1 atom stereocenters. The summed E-state index contributed by atoms with van der Waals surface area (Å²) in [6, 6.07) is 4.61. The molecule has 23 heavy (non-hydrogen) atoms. The minimum atomic E-state index is 0.442. The van der Waals surface area contributed by atoms with E-state index in [0.29, 0.717) is 6.04 Å². The summed E-state index contributed by atoms with van der Waals surface area (Å²) in [7, 11) is 3.92. The van der Waals surface area contributed by atoms with E-state index in [1.807, 2.05) is 42.6 Å². The third-order valence-corrected chi connectivity index (χ3v) is 5.58. The normalized spacial score (nSPS) is 18.8. The Morgan fingerprint density at radius 1 is 1.48 bits per heavy atom. The summed E-state index contributed by atoms with van der Waals surface area (Å²) in [6.07, 6.45) is 4.22. The first-order valence-electron chi connectivity index (χ1n) is 7.82. The summed E-state index contributed by atoms with van der Waals surface area (Å²) in [5.41, 5.74) is 0. The smallest absolute Gasteiger partial charge is 0.226 e. The molecule has 3 rings (SSSR count). The molecule has 1 aliphatic heterocycles. The first-order valence-corrected chi connectivity index (χ1v) is 9.49. The van der Waals surface area contributed by atoms with Crippen LogP contribution in [0.3, 0.4) is 0 Å². The van der Waals surface area contributed by atoms with Crippen molar-refractivity contribution in [1.82, 2.24) is 14.9 Å². The maximum absolute atomic E-state index is 4.56. The van der Waals surface area contributed by atoms with Gasteiger partial charge in [0.05, 0.1) is 0 Å². The fraction of sp³-hybridized carbons (Fsp3) is 0.500. The van der Waals surface area contributed by atoms with E-state index >= 15 is 0 Å². The Kier molecular flexibility index (Phi) is 5.50. The molecule has 1 fully saturated rings. The first-order chi connectivity index (χ1) is 11.1. The van der Waals surface area contributed by atoms with Crippen LogP contribution in [0, 0.1) is 0 Å². The zero-order chi connectivity index (χ0) is 16.2. The van der Waals surface area contributed by atoms with Crippen LogP contribution in [-0.2, 0) is 6.54 Å². The number of rotatable bonds is 5. The molecular weight excluding hydrogens is 374 g/mol. The van der Waals surface area contributed by atoms with Gasteiger partial charge >= 0.3 is 0 Å². The van der Waals surface area contributed by atoms with E-state index in [9.17, 15) is 0 Å². The molecule has 1 saturated heterocycles. The number of anilines is 2. The summed E-state index contributed by atoms with van der Waals surface area (Å²) in [5.74, 6) is 1.65.